The predicted octanol–water partition coefficient (Wildman–Crippen LogP) is 2.60. The van der Waals surface area contributed by atoms with E-state index in [1.807, 2.05) is 48.7 Å². The zero-order valence-corrected chi connectivity index (χ0v) is 11.3. The number of rotatable bonds is 3. The Balaban J connectivity index is 1.80. The van der Waals surface area contributed by atoms with Crippen LogP contribution in [0, 0.1) is 0 Å². The number of pyridine rings is 1. The van der Waals surface area contributed by atoms with E-state index in [0.29, 0.717) is 0 Å². The van der Waals surface area contributed by atoms with Crippen LogP contribution in [0.2, 0.25) is 0 Å². The van der Waals surface area contributed by atoms with Gasteiger partial charge in [0.15, 0.2) is 0 Å². The second kappa shape index (κ2) is 5.09. The number of nitrogens with zero attached hydrogens (tertiary/aromatic N) is 2. The second-order valence-corrected chi connectivity index (χ2v) is 4.67. The van der Waals surface area contributed by atoms with Crippen LogP contribution in [-0.2, 0) is 0 Å². The summed E-state index contributed by atoms with van der Waals surface area (Å²) in [5.41, 5.74) is 6.90. The van der Waals surface area contributed by atoms with Crippen molar-refractivity contribution in [3.63, 3.8) is 0 Å². The Morgan fingerprint density at radius 1 is 1.35 bits per heavy atom. The van der Waals surface area contributed by atoms with Crippen molar-refractivity contribution in [3.05, 3.63) is 72.8 Å². The van der Waals surface area contributed by atoms with Crippen molar-refractivity contribution in [3.8, 4) is 0 Å². The highest BCUT2D eigenvalue weighted by molar-refractivity contribution is 5.82. The van der Waals surface area contributed by atoms with Gasteiger partial charge in [0.2, 0.25) is 0 Å². The fourth-order valence-corrected chi connectivity index (χ4v) is 2.03. The second-order valence-electron chi connectivity index (χ2n) is 4.67. The number of hydrogen-bond acceptors (Lipinski definition) is 4. The Labute approximate surface area is 118 Å². The van der Waals surface area contributed by atoms with Crippen LogP contribution in [0.4, 0.5) is 0 Å². The van der Waals surface area contributed by atoms with Gasteiger partial charge in [0.05, 0.1) is 11.2 Å². The molecule has 0 fully saturated rings. The zero-order chi connectivity index (χ0) is 13.9. The van der Waals surface area contributed by atoms with Crippen LogP contribution in [0.1, 0.15) is 5.56 Å². The fraction of sp³-hybridized carbons (Fsp3) is 0.0625. The lowest BCUT2D eigenvalue weighted by atomic mass is 10.1. The van der Waals surface area contributed by atoms with Gasteiger partial charge in [0.25, 0.3) is 0 Å². The molecule has 0 aliphatic carbocycles. The minimum absolute atomic E-state index is 0.847. The van der Waals surface area contributed by atoms with Gasteiger partial charge in [-0.1, -0.05) is 24.8 Å². The molecule has 0 unspecified atom stereocenters. The van der Waals surface area contributed by atoms with E-state index in [0.717, 1.165) is 27.9 Å². The highest BCUT2D eigenvalue weighted by Crippen LogP contribution is 2.18. The number of hydrogen-bond donors (Lipinski definition) is 2. The van der Waals surface area contributed by atoms with Crippen LogP contribution in [0.25, 0.3) is 16.6 Å². The molecular weight excluding hydrogens is 248 g/mol. The molecule has 1 aromatic carbocycles. The summed E-state index contributed by atoms with van der Waals surface area (Å²) in [6.45, 7) is 4.09. The van der Waals surface area contributed by atoms with Crippen LogP contribution in [0.3, 0.4) is 0 Å². The maximum atomic E-state index is 4.36. The first-order valence-corrected chi connectivity index (χ1v) is 6.41. The maximum Gasteiger partial charge on any atom is 0.0708 e. The van der Waals surface area contributed by atoms with Crippen LogP contribution in [0.15, 0.2) is 67.3 Å². The predicted molar refractivity (Wildman–Crippen MR) is 82.0 cm³/mol. The molecule has 4 nitrogen and oxygen atoms in total. The SMILES string of the molecule is C=C(NC1=CNN(C)C=C1)c1ccc2cccnc2c1. The molecule has 0 spiro atoms. The van der Waals surface area contributed by atoms with E-state index >= 15 is 0 Å². The summed E-state index contributed by atoms with van der Waals surface area (Å²) in [4.78, 5) is 4.36. The van der Waals surface area contributed by atoms with Gasteiger partial charge < -0.3 is 10.7 Å². The van der Waals surface area contributed by atoms with E-state index in [1.54, 1.807) is 6.20 Å². The number of allylic oxidation sites excluding steroid dienone is 1. The van der Waals surface area contributed by atoms with Crippen LogP contribution >= 0.6 is 0 Å². The average Bonchev–Trinajstić information content (AvgIpc) is 2.49. The molecule has 2 heterocycles. The number of nitrogens with one attached hydrogen (secondary N) is 2. The molecule has 1 aliphatic rings. The molecular formula is C16H16N4. The molecule has 100 valence electrons. The number of hydrazine groups is 1. The third kappa shape index (κ3) is 2.49. The molecule has 2 N–H and O–H groups in total. The molecule has 20 heavy (non-hydrogen) atoms. The summed E-state index contributed by atoms with van der Waals surface area (Å²) >= 11 is 0. The smallest absolute Gasteiger partial charge is 0.0708 e. The molecule has 3 rings (SSSR count). The van der Waals surface area contributed by atoms with Crippen molar-refractivity contribution in [2.24, 2.45) is 0 Å². The third-order valence-corrected chi connectivity index (χ3v) is 3.15. The molecule has 0 saturated heterocycles. The normalized spacial score (nSPS) is 13.8. The van der Waals surface area contributed by atoms with Crippen molar-refractivity contribution < 1.29 is 0 Å². The van der Waals surface area contributed by atoms with Gasteiger partial charge in [-0.2, -0.15) is 0 Å². The third-order valence-electron chi connectivity index (χ3n) is 3.15. The molecule has 0 atom stereocenters. The quantitative estimate of drug-likeness (QED) is 0.894. The van der Waals surface area contributed by atoms with E-state index in [4.69, 9.17) is 0 Å². The Morgan fingerprint density at radius 3 is 3.05 bits per heavy atom. The van der Waals surface area contributed by atoms with Crippen LogP contribution in [-0.4, -0.2) is 17.0 Å². The van der Waals surface area contributed by atoms with Crippen LogP contribution < -0.4 is 10.7 Å². The van der Waals surface area contributed by atoms with Gasteiger partial charge in [-0.15, -0.1) is 0 Å². The lowest BCUT2D eigenvalue weighted by Gasteiger charge is -2.20. The van der Waals surface area contributed by atoms with Crippen molar-refractivity contribution >= 4 is 16.6 Å². The molecule has 2 aromatic rings. The van der Waals surface area contributed by atoms with Gasteiger partial charge in [-0.05, 0) is 23.8 Å². The number of benzene rings is 1. The first kappa shape index (κ1) is 12.3. The topological polar surface area (TPSA) is 40.2 Å². The zero-order valence-electron chi connectivity index (χ0n) is 11.3. The molecule has 1 aliphatic heterocycles. The number of aromatic nitrogens is 1. The van der Waals surface area contributed by atoms with Crippen molar-refractivity contribution in [2.75, 3.05) is 7.05 Å². The summed E-state index contributed by atoms with van der Waals surface area (Å²) in [5, 5.41) is 6.28. The largest absolute Gasteiger partial charge is 0.354 e. The molecule has 0 amide bonds. The molecule has 0 bridgehead atoms. The van der Waals surface area contributed by atoms with E-state index in [-0.39, 0.29) is 0 Å². The monoisotopic (exact) mass is 264 g/mol. The summed E-state index contributed by atoms with van der Waals surface area (Å²) in [5.74, 6) is 0. The Morgan fingerprint density at radius 2 is 2.25 bits per heavy atom. The van der Waals surface area contributed by atoms with Crippen molar-refractivity contribution in [1.82, 2.24) is 20.7 Å². The summed E-state index contributed by atoms with van der Waals surface area (Å²) in [7, 11) is 1.94. The van der Waals surface area contributed by atoms with Gasteiger partial charge in [0, 0.05) is 36.7 Å². The number of fused-ring (bicyclic) bond motifs is 1. The summed E-state index contributed by atoms with van der Waals surface area (Å²) < 4.78 is 0. The Hall–Kier alpha value is -2.75. The van der Waals surface area contributed by atoms with E-state index in [9.17, 15) is 0 Å². The first-order chi connectivity index (χ1) is 9.72. The van der Waals surface area contributed by atoms with Gasteiger partial charge in [0.1, 0.15) is 0 Å². The average molecular weight is 264 g/mol. The molecule has 0 saturated carbocycles. The van der Waals surface area contributed by atoms with E-state index < -0.39 is 0 Å². The standard InChI is InChI=1S/C16H16N4/c1-12(19-15-7-9-20(2)18-11-15)14-6-5-13-4-3-8-17-16(13)10-14/h3-11,18-19H,1H2,2H3. The summed E-state index contributed by atoms with van der Waals surface area (Å²) in [6.07, 6.45) is 7.62. The Bertz CT molecular complexity index is 715. The lowest BCUT2D eigenvalue weighted by Crippen LogP contribution is -2.29. The molecule has 0 radical (unpaired) electrons. The maximum absolute atomic E-state index is 4.36. The minimum Gasteiger partial charge on any atom is -0.354 e. The molecule has 1 aromatic heterocycles. The lowest BCUT2D eigenvalue weighted by molar-refractivity contribution is 0.379. The highest BCUT2D eigenvalue weighted by atomic mass is 15.5. The first-order valence-electron chi connectivity index (χ1n) is 6.41. The fourth-order valence-electron chi connectivity index (χ4n) is 2.03. The van der Waals surface area contributed by atoms with Gasteiger partial charge in [-0.3, -0.25) is 9.99 Å². The van der Waals surface area contributed by atoms with Crippen molar-refractivity contribution in [1.29, 1.82) is 0 Å². The Kier molecular flexibility index (Phi) is 3.13. The summed E-state index contributed by atoms with van der Waals surface area (Å²) in [6, 6.07) is 10.1. The van der Waals surface area contributed by atoms with E-state index in [1.165, 1.54) is 0 Å². The van der Waals surface area contributed by atoms with Gasteiger partial charge >= 0.3 is 0 Å². The highest BCUT2D eigenvalue weighted by Gasteiger charge is 2.04. The minimum atomic E-state index is 0.847. The van der Waals surface area contributed by atoms with Gasteiger partial charge in [-0.25, -0.2) is 0 Å². The van der Waals surface area contributed by atoms with E-state index in [2.05, 4.69) is 34.4 Å². The van der Waals surface area contributed by atoms with Crippen LogP contribution in [0.5, 0.6) is 0 Å². The molecule has 4 heteroatoms. The van der Waals surface area contributed by atoms with Crippen molar-refractivity contribution in [2.45, 2.75) is 0 Å².